The normalized spacial score (nSPS) is 11.4. The average molecular weight is 323 g/mol. The van der Waals surface area contributed by atoms with E-state index in [1.807, 2.05) is 37.3 Å². The Labute approximate surface area is 134 Å². The number of hydrogen-bond donors (Lipinski definition) is 2. The van der Waals surface area contributed by atoms with Gasteiger partial charge < -0.3 is 19.9 Å². The molecule has 0 fully saturated rings. The Bertz CT molecular complexity index is 517. The van der Waals surface area contributed by atoms with Crippen LogP contribution >= 0.6 is 0 Å². The number of aliphatic hydroxyl groups is 1. The van der Waals surface area contributed by atoms with Gasteiger partial charge in [0.1, 0.15) is 6.61 Å². The molecule has 1 aromatic carbocycles. The van der Waals surface area contributed by atoms with Crippen LogP contribution in [-0.2, 0) is 19.1 Å². The lowest BCUT2D eigenvalue weighted by molar-refractivity contribution is -0.148. The van der Waals surface area contributed by atoms with Gasteiger partial charge in [0.2, 0.25) is 0 Å². The van der Waals surface area contributed by atoms with E-state index < -0.39 is 18.0 Å². The molecule has 7 heteroatoms. The zero-order chi connectivity index (χ0) is 17.1. The van der Waals surface area contributed by atoms with Gasteiger partial charge in [-0.1, -0.05) is 37.3 Å². The van der Waals surface area contributed by atoms with Crippen molar-refractivity contribution in [1.29, 1.82) is 0 Å². The van der Waals surface area contributed by atoms with Gasteiger partial charge in [-0.25, -0.2) is 4.79 Å². The molecule has 1 unspecified atom stereocenters. The van der Waals surface area contributed by atoms with Crippen molar-refractivity contribution in [2.24, 2.45) is 0 Å². The maximum absolute atomic E-state index is 11.5. The highest BCUT2D eigenvalue weighted by atomic mass is 16.6. The van der Waals surface area contributed by atoms with Gasteiger partial charge in [-0.15, -0.1) is 0 Å². The van der Waals surface area contributed by atoms with E-state index in [1.165, 1.54) is 0 Å². The molecule has 23 heavy (non-hydrogen) atoms. The second-order valence-electron chi connectivity index (χ2n) is 4.90. The number of ether oxygens (including phenoxy) is 2. The van der Waals surface area contributed by atoms with Crippen LogP contribution in [0.2, 0.25) is 0 Å². The van der Waals surface area contributed by atoms with E-state index in [0.717, 1.165) is 5.56 Å². The van der Waals surface area contributed by atoms with E-state index in [1.54, 1.807) is 0 Å². The van der Waals surface area contributed by atoms with Crippen LogP contribution in [0.15, 0.2) is 30.3 Å². The Balaban J connectivity index is 2.23. The van der Waals surface area contributed by atoms with Crippen molar-refractivity contribution in [3.63, 3.8) is 0 Å². The SMILES string of the molecule is CC(CNC(=O)OC(=O)CCC(=O)OCCO)c1ccccc1. The second kappa shape index (κ2) is 10.3. The fourth-order valence-electron chi connectivity index (χ4n) is 1.76. The van der Waals surface area contributed by atoms with E-state index in [4.69, 9.17) is 5.11 Å². The minimum atomic E-state index is -0.846. The van der Waals surface area contributed by atoms with Crippen molar-refractivity contribution in [1.82, 2.24) is 5.32 Å². The molecule has 0 aliphatic carbocycles. The van der Waals surface area contributed by atoms with Gasteiger partial charge in [0.05, 0.1) is 19.4 Å². The summed E-state index contributed by atoms with van der Waals surface area (Å²) in [4.78, 5) is 34.0. The summed E-state index contributed by atoms with van der Waals surface area (Å²) in [6, 6.07) is 9.61. The van der Waals surface area contributed by atoms with Crippen molar-refractivity contribution in [3.05, 3.63) is 35.9 Å². The lowest BCUT2D eigenvalue weighted by Crippen LogP contribution is -2.30. The highest BCUT2D eigenvalue weighted by molar-refractivity contribution is 5.86. The molecule has 1 rings (SSSR count). The fourth-order valence-corrected chi connectivity index (χ4v) is 1.76. The molecule has 0 saturated carbocycles. The lowest BCUT2D eigenvalue weighted by Gasteiger charge is -2.12. The highest BCUT2D eigenvalue weighted by Gasteiger charge is 2.14. The largest absolute Gasteiger partial charge is 0.463 e. The molecular formula is C16H21NO6. The molecule has 7 nitrogen and oxygen atoms in total. The third-order valence-corrected chi connectivity index (χ3v) is 3.02. The molecule has 1 amide bonds. The number of aliphatic hydroxyl groups excluding tert-OH is 1. The smallest absolute Gasteiger partial charge is 0.414 e. The third-order valence-electron chi connectivity index (χ3n) is 3.02. The lowest BCUT2D eigenvalue weighted by atomic mass is 10.0. The molecular weight excluding hydrogens is 302 g/mol. The molecule has 0 radical (unpaired) electrons. The van der Waals surface area contributed by atoms with Crippen molar-refractivity contribution >= 4 is 18.0 Å². The summed E-state index contributed by atoms with van der Waals surface area (Å²) in [7, 11) is 0. The third kappa shape index (κ3) is 7.96. The van der Waals surface area contributed by atoms with Crippen LogP contribution in [0.5, 0.6) is 0 Å². The van der Waals surface area contributed by atoms with Gasteiger partial charge in [-0.05, 0) is 11.5 Å². The maximum Gasteiger partial charge on any atom is 0.414 e. The Hall–Kier alpha value is -2.41. The van der Waals surface area contributed by atoms with E-state index >= 15 is 0 Å². The van der Waals surface area contributed by atoms with Gasteiger partial charge in [0.25, 0.3) is 0 Å². The number of esters is 2. The molecule has 0 bridgehead atoms. The number of hydrogen-bond acceptors (Lipinski definition) is 6. The fraction of sp³-hybridized carbons (Fsp3) is 0.438. The Kier molecular flexibility index (Phi) is 8.38. The van der Waals surface area contributed by atoms with Gasteiger partial charge in [-0.3, -0.25) is 9.59 Å². The summed E-state index contributed by atoms with van der Waals surface area (Å²) in [6.07, 6.45) is -1.31. The highest BCUT2D eigenvalue weighted by Crippen LogP contribution is 2.12. The van der Waals surface area contributed by atoms with Crippen molar-refractivity contribution in [2.45, 2.75) is 25.7 Å². The number of nitrogens with one attached hydrogen (secondary N) is 1. The van der Waals surface area contributed by atoms with Crippen LogP contribution in [0.1, 0.15) is 31.2 Å². The van der Waals surface area contributed by atoms with Crippen LogP contribution in [0.3, 0.4) is 0 Å². The van der Waals surface area contributed by atoms with E-state index in [0.29, 0.717) is 6.54 Å². The van der Waals surface area contributed by atoms with E-state index in [9.17, 15) is 14.4 Å². The van der Waals surface area contributed by atoms with Crippen LogP contribution in [0.25, 0.3) is 0 Å². The molecule has 0 aliphatic heterocycles. The molecule has 0 heterocycles. The number of carbonyl (C=O) groups is 3. The number of alkyl carbamates (subject to hydrolysis) is 1. The van der Waals surface area contributed by atoms with E-state index in [2.05, 4.69) is 14.8 Å². The minimum absolute atomic E-state index is 0.0762. The standard InChI is InChI=1S/C16H21NO6/c1-12(13-5-3-2-4-6-13)11-17-16(21)23-15(20)8-7-14(19)22-10-9-18/h2-6,12,18H,7-11H2,1H3,(H,17,21). The summed E-state index contributed by atoms with van der Waals surface area (Å²) in [5, 5.41) is 11.0. The predicted molar refractivity (Wildman–Crippen MR) is 81.6 cm³/mol. The van der Waals surface area contributed by atoms with Crippen LogP contribution in [0, 0.1) is 0 Å². The quantitative estimate of drug-likeness (QED) is 0.553. The summed E-state index contributed by atoms with van der Waals surface area (Å²) in [5.74, 6) is -1.36. The average Bonchev–Trinajstić information content (AvgIpc) is 2.56. The number of rotatable bonds is 8. The van der Waals surface area contributed by atoms with Gasteiger partial charge in [-0.2, -0.15) is 0 Å². The molecule has 1 aromatic rings. The summed E-state index contributed by atoms with van der Waals surface area (Å²) in [6.45, 7) is 1.87. The first-order valence-corrected chi connectivity index (χ1v) is 7.33. The van der Waals surface area contributed by atoms with Crippen LogP contribution in [0.4, 0.5) is 4.79 Å². The number of carbonyl (C=O) groups excluding carboxylic acids is 3. The van der Waals surface area contributed by atoms with Crippen molar-refractivity contribution in [3.8, 4) is 0 Å². The Morgan fingerprint density at radius 1 is 1.13 bits per heavy atom. The molecule has 1 atom stereocenters. The van der Waals surface area contributed by atoms with Crippen molar-refractivity contribution in [2.75, 3.05) is 19.8 Å². The minimum Gasteiger partial charge on any atom is -0.463 e. The Morgan fingerprint density at radius 2 is 1.78 bits per heavy atom. The molecule has 126 valence electrons. The van der Waals surface area contributed by atoms with Crippen LogP contribution in [-0.4, -0.2) is 42.9 Å². The zero-order valence-electron chi connectivity index (χ0n) is 13.0. The van der Waals surface area contributed by atoms with Crippen molar-refractivity contribution < 1.29 is 29.0 Å². The van der Waals surface area contributed by atoms with Crippen LogP contribution < -0.4 is 5.32 Å². The summed E-state index contributed by atoms with van der Waals surface area (Å²) in [5.41, 5.74) is 1.06. The van der Waals surface area contributed by atoms with E-state index in [-0.39, 0.29) is 32.0 Å². The van der Waals surface area contributed by atoms with Gasteiger partial charge in [0, 0.05) is 6.54 Å². The molecule has 0 spiro atoms. The molecule has 0 saturated heterocycles. The zero-order valence-corrected chi connectivity index (χ0v) is 13.0. The molecule has 2 N–H and O–H groups in total. The number of benzene rings is 1. The second-order valence-corrected chi connectivity index (χ2v) is 4.90. The number of amides is 1. The topological polar surface area (TPSA) is 102 Å². The first kappa shape index (κ1) is 18.6. The van der Waals surface area contributed by atoms with Gasteiger partial charge >= 0.3 is 18.0 Å². The van der Waals surface area contributed by atoms with Gasteiger partial charge in [0.15, 0.2) is 0 Å². The molecule has 0 aliphatic rings. The summed E-state index contributed by atoms with van der Waals surface area (Å²) >= 11 is 0. The first-order chi connectivity index (χ1) is 11.0. The monoisotopic (exact) mass is 323 g/mol. The maximum atomic E-state index is 11.5. The summed E-state index contributed by atoms with van der Waals surface area (Å²) < 4.78 is 9.12. The molecule has 0 aromatic heterocycles. The predicted octanol–water partition coefficient (Wildman–Crippen LogP) is 1.36. The first-order valence-electron chi connectivity index (χ1n) is 7.33. The Morgan fingerprint density at radius 3 is 2.43 bits per heavy atom.